The molecule has 1 unspecified atom stereocenters. The van der Waals surface area contributed by atoms with E-state index < -0.39 is 10.0 Å². The predicted molar refractivity (Wildman–Crippen MR) is 117 cm³/mol. The van der Waals surface area contributed by atoms with Crippen LogP contribution >= 0.6 is 0 Å². The molecule has 1 heterocycles. The predicted octanol–water partition coefficient (Wildman–Crippen LogP) is 2.00. The minimum absolute atomic E-state index is 0.0642. The third-order valence-electron chi connectivity index (χ3n) is 6.24. The van der Waals surface area contributed by atoms with Gasteiger partial charge < -0.3 is 10.2 Å². The van der Waals surface area contributed by atoms with Crippen molar-refractivity contribution in [3.63, 3.8) is 0 Å². The highest BCUT2D eigenvalue weighted by Crippen LogP contribution is 2.27. The SMILES string of the molecule is C[NH+](CC(=O)Nc1ccc(S(=O)(=O)N2CCCC2)cc1)[C@@H]1CCCc2ccccc21. The molecule has 6 nitrogen and oxygen atoms in total. The summed E-state index contributed by atoms with van der Waals surface area (Å²) in [5, 5.41) is 2.92. The second-order valence-electron chi connectivity index (χ2n) is 8.35. The van der Waals surface area contributed by atoms with Crippen LogP contribution in [0.2, 0.25) is 0 Å². The van der Waals surface area contributed by atoms with Crippen LogP contribution in [0.1, 0.15) is 42.9 Å². The maximum atomic E-state index is 12.6. The summed E-state index contributed by atoms with van der Waals surface area (Å²) in [6.07, 6.45) is 5.16. The fraction of sp³-hybridized carbons (Fsp3) is 0.435. The van der Waals surface area contributed by atoms with Crippen LogP contribution in [0.15, 0.2) is 53.4 Å². The smallest absolute Gasteiger partial charge is 0.279 e. The minimum Gasteiger partial charge on any atom is -0.323 e. The molecule has 30 heavy (non-hydrogen) atoms. The summed E-state index contributed by atoms with van der Waals surface area (Å²) < 4.78 is 26.8. The molecule has 1 aliphatic carbocycles. The molecule has 1 saturated heterocycles. The molecule has 0 aromatic heterocycles. The molecule has 0 spiro atoms. The van der Waals surface area contributed by atoms with Crippen LogP contribution < -0.4 is 10.2 Å². The Morgan fingerprint density at radius 1 is 1.07 bits per heavy atom. The molecule has 2 aromatic rings. The first-order valence-corrected chi connectivity index (χ1v) is 12.2. The molecular formula is C23H30N3O3S+. The number of aryl methyl sites for hydroxylation is 1. The van der Waals surface area contributed by atoms with Gasteiger partial charge in [-0.2, -0.15) is 4.31 Å². The maximum absolute atomic E-state index is 12.6. The van der Waals surface area contributed by atoms with Crippen molar-refractivity contribution in [2.75, 3.05) is 32.0 Å². The summed E-state index contributed by atoms with van der Waals surface area (Å²) in [6.45, 7) is 1.54. The van der Waals surface area contributed by atoms with E-state index in [9.17, 15) is 13.2 Å². The first-order valence-electron chi connectivity index (χ1n) is 10.8. The van der Waals surface area contributed by atoms with Gasteiger partial charge in [-0.15, -0.1) is 0 Å². The van der Waals surface area contributed by atoms with E-state index >= 15 is 0 Å². The number of benzene rings is 2. The number of hydrogen-bond donors (Lipinski definition) is 2. The maximum Gasteiger partial charge on any atom is 0.279 e. The second-order valence-corrected chi connectivity index (χ2v) is 10.3. The first kappa shape index (κ1) is 21.0. The average Bonchev–Trinajstić information content (AvgIpc) is 3.29. The van der Waals surface area contributed by atoms with Crippen molar-refractivity contribution in [3.8, 4) is 0 Å². The fourth-order valence-corrected chi connectivity index (χ4v) is 6.15. The number of rotatable bonds is 6. The van der Waals surface area contributed by atoms with Crippen molar-refractivity contribution in [1.29, 1.82) is 0 Å². The van der Waals surface area contributed by atoms with E-state index in [0.717, 1.165) is 32.1 Å². The highest BCUT2D eigenvalue weighted by molar-refractivity contribution is 7.89. The largest absolute Gasteiger partial charge is 0.323 e. The number of nitrogens with zero attached hydrogens (tertiary/aromatic N) is 1. The summed E-state index contributed by atoms with van der Waals surface area (Å²) in [4.78, 5) is 14.1. The topological polar surface area (TPSA) is 70.9 Å². The number of quaternary nitrogens is 1. The highest BCUT2D eigenvalue weighted by Gasteiger charge is 2.29. The van der Waals surface area contributed by atoms with E-state index in [0.29, 0.717) is 31.4 Å². The lowest BCUT2D eigenvalue weighted by molar-refractivity contribution is -0.905. The summed E-state index contributed by atoms with van der Waals surface area (Å²) in [7, 11) is -1.36. The number of carbonyl (C=O) groups excluding carboxylic acids is 1. The molecule has 0 radical (unpaired) electrons. The highest BCUT2D eigenvalue weighted by atomic mass is 32.2. The third kappa shape index (κ3) is 4.43. The van der Waals surface area contributed by atoms with Crippen LogP contribution in [0.25, 0.3) is 0 Å². The molecular weight excluding hydrogens is 398 g/mol. The van der Waals surface area contributed by atoms with E-state index in [2.05, 4.69) is 36.6 Å². The lowest BCUT2D eigenvalue weighted by Crippen LogP contribution is -3.10. The van der Waals surface area contributed by atoms with Gasteiger partial charge in [-0.1, -0.05) is 24.3 Å². The number of likely N-dealkylation sites (N-methyl/N-ethyl adjacent to an activating group) is 1. The zero-order valence-electron chi connectivity index (χ0n) is 17.4. The van der Waals surface area contributed by atoms with Gasteiger partial charge in [-0.05, 0) is 55.5 Å². The zero-order valence-corrected chi connectivity index (χ0v) is 18.2. The van der Waals surface area contributed by atoms with Crippen molar-refractivity contribution in [2.45, 2.75) is 43.0 Å². The van der Waals surface area contributed by atoms with Crippen LogP contribution in [0.4, 0.5) is 5.69 Å². The van der Waals surface area contributed by atoms with Crippen molar-refractivity contribution < 1.29 is 18.1 Å². The molecule has 2 aromatic carbocycles. The Hall–Kier alpha value is -2.22. The summed E-state index contributed by atoms with van der Waals surface area (Å²) in [5.74, 6) is -0.0642. The van der Waals surface area contributed by atoms with Crippen LogP contribution in [0, 0.1) is 0 Å². The molecule has 0 bridgehead atoms. The van der Waals surface area contributed by atoms with Crippen LogP contribution in [-0.4, -0.2) is 45.3 Å². The number of hydrogen-bond acceptors (Lipinski definition) is 3. The minimum atomic E-state index is -3.43. The molecule has 2 atom stereocenters. The Balaban J connectivity index is 1.37. The quantitative estimate of drug-likeness (QED) is 0.739. The van der Waals surface area contributed by atoms with Gasteiger partial charge in [0.25, 0.3) is 5.91 Å². The standard InChI is InChI=1S/C23H29N3O3S/c1-25(22-10-6-8-18-7-2-3-9-21(18)22)17-23(27)24-19-11-13-20(14-12-19)30(28,29)26-15-4-5-16-26/h2-3,7,9,11-14,22H,4-6,8,10,15-17H2,1H3,(H,24,27)/p+1/t22-/m1/s1. The van der Waals surface area contributed by atoms with Gasteiger partial charge >= 0.3 is 0 Å². The van der Waals surface area contributed by atoms with Gasteiger partial charge in [0, 0.05) is 30.8 Å². The lowest BCUT2D eigenvalue weighted by Gasteiger charge is -2.30. The Morgan fingerprint density at radius 2 is 1.77 bits per heavy atom. The van der Waals surface area contributed by atoms with Crippen molar-refractivity contribution in [3.05, 3.63) is 59.7 Å². The van der Waals surface area contributed by atoms with E-state index in [1.807, 2.05) is 0 Å². The van der Waals surface area contributed by atoms with E-state index in [4.69, 9.17) is 0 Å². The third-order valence-corrected chi connectivity index (χ3v) is 8.16. The molecule has 7 heteroatoms. The van der Waals surface area contributed by atoms with Gasteiger partial charge in [-0.25, -0.2) is 8.42 Å². The van der Waals surface area contributed by atoms with Crippen LogP contribution in [0.5, 0.6) is 0 Å². The molecule has 1 aliphatic heterocycles. The number of anilines is 1. The Morgan fingerprint density at radius 3 is 2.50 bits per heavy atom. The average molecular weight is 429 g/mol. The number of sulfonamides is 1. The monoisotopic (exact) mass is 428 g/mol. The van der Waals surface area contributed by atoms with Crippen molar-refractivity contribution in [1.82, 2.24) is 4.31 Å². The zero-order chi connectivity index (χ0) is 21.1. The van der Waals surface area contributed by atoms with Gasteiger partial charge in [0.2, 0.25) is 10.0 Å². The Labute approximate surface area is 178 Å². The van der Waals surface area contributed by atoms with Gasteiger partial charge in [0.15, 0.2) is 6.54 Å². The fourth-order valence-electron chi connectivity index (χ4n) is 4.64. The molecule has 160 valence electrons. The lowest BCUT2D eigenvalue weighted by atomic mass is 9.87. The molecule has 2 N–H and O–H groups in total. The van der Waals surface area contributed by atoms with Gasteiger partial charge in [0.05, 0.1) is 11.9 Å². The number of fused-ring (bicyclic) bond motifs is 1. The molecule has 2 aliphatic rings. The van der Waals surface area contributed by atoms with E-state index in [1.165, 1.54) is 20.3 Å². The van der Waals surface area contributed by atoms with E-state index in [-0.39, 0.29) is 10.8 Å². The van der Waals surface area contributed by atoms with Crippen LogP contribution in [-0.2, 0) is 21.2 Å². The summed E-state index contributed by atoms with van der Waals surface area (Å²) >= 11 is 0. The molecule has 4 rings (SSSR count). The van der Waals surface area contributed by atoms with Crippen LogP contribution in [0.3, 0.4) is 0 Å². The summed E-state index contributed by atoms with van der Waals surface area (Å²) in [5.41, 5.74) is 3.37. The normalized spacial score (nSPS) is 20.5. The Bertz CT molecular complexity index is 999. The van der Waals surface area contributed by atoms with Crippen molar-refractivity contribution >= 4 is 21.6 Å². The van der Waals surface area contributed by atoms with Gasteiger partial charge in [-0.3, -0.25) is 4.79 Å². The number of nitrogens with one attached hydrogen (secondary N) is 2. The summed E-state index contributed by atoms with van der Waals surface area (Å²) in [6, 6.07) is 15.4. The van der Waals surface area contributed by atoms with E-state index in [1.54, 1.807) is 24.3 Å². The number of carbonyl (C=O) groups is 1. The van der Waals surface area contributed by atoms with Crippen molar-refractivity contribution in [2.24, 2.45) is 0 Å². The number of amides is 1. The van der Waals surface area contributed by atoms with Gasteiger partial charge in [0.1, 0.15) is 6.04 Å². The molecule has 0 saturated carbocycles. The molecule has 1 fully saturated rings. The Kier molecular flexibility index (Phi) is 6.22. The molecule has 1 amide bonds. The second kappa shape index (κ2) is 8.88. The first-order chi connectivity index (χ1) is 14.4.